The second-order valence-electron chi connectivity index (χ2n) is 3.78. The van der Waals surface area contributed by atoms with Gasteiger partial charge in [-0.25, -0.2) is 0 Å². The Morgan fingerprint density at radius 1 is 1.50 bits per heavy atom. The van der Waals surface area contributed by atoms with Gasteiger partial charge in [-0.2, -0.15) is 0 Å². The number of amides is 1. The number of aryl methyl sites for hydroxylation is 1. The smallest absolute Gasteiger partial charge is 0.244 e. The number of nitrogens with one attached hydrogen (secondary N) is 1. The van der Waals surface area contributed by atoms with Gasteiger partial charge in [-0.3, -0.25) is 4.79 Å². The number of rotatable bonds is 4. The molecule has 0 spiro atoms. The molecule has 1 aromatic rings. The van der Waals surface area contributed by atoms with Gasteiger partial charge < -0.3 is 10.4 Å². The van der Waals surface area contributed by atoms with Crippen molar-refractivity contribution < 1.29 is 9.90 Å². The van der Waals surface area contributed by atoms with Gasteiger partial charge in [0.15, 0.2) is 0 Å². The zero-order valence-electron chi connectivity index (χ0n) is 9.60. The molecule has 0 saturated heterocycles. The zero-order valence-corrected chi connectivity index (χ0v) is 9.60. The van der Waals surface area contributed by atoms with E-state index in [1.54, 1.807) is 13.0 Å². The third-order valence-corrected chi connectivity index (χ3v) is 2.27. The van der Waals surface area contributed by atoms with Crippen molar-refractivity contribution in [2.45, 2.75) is 19.9 Å². The van der Waals surface area contributed by atoms with E-state index in [0.29, 0.717) is 0 Å². The Balaban J connectivity index is 2.60. The van der Waals surface area contributed by atoms with Crippen LogP contribution in [0.2, 0.25) is 0 Å². The SMILES string of the molecule is Cc1ccccc1C=CC(=O)N[C@@H](C)CO. The van der Waals surface area contributed by atoms with Crippen molar-refractivity contribution >= 4 is 12.0 Å². The lowest BCUT2D eigenvalue weighted by atomic mass is 10.1. The summed E-state index contributed by atoms with van der Waals surface area (Å²) in [7, 11) is 0. The first kappa shape index (κ1) is 12.5. The average Bonchev–Trinajstić information content (AvgIpc) is 2.28. The molecule has 2 N–H and O–H groups in total. The molecular weight excluding hydrogens is 202 g/mol. The van der Waals surface area contributed by atoms with Crippen molar-refractivity contribution in [2.24, 2.45) is 0 Å². The fourth-order valence-corrected chi connectivity index (χ4v) is 1.28. The van der Waals surface area contributed by atoms with E-state index in [9.17, 15) is 4.79 Å². The Labute approximate surface area is 95.8 Å². The maximum absolute atomic E-state index is 11.4. The molecule has 0 aliphatic rings. The molecule has 1 aromatic carbocycles. The molecule has 3 nitrogen and oxygen atoms in total. The number of aliphatic hydroxyl groups is 1. The van der Waals surface area contributed by atoms with Crippen LogP contribution < -0.4 is 5.32 Å². The molecular formula is C13H17NO2. The highest BCUT2D eigenvalue weighted by atomic mass is 16.3. The number of carbonyl (C=O) groups is 1. The normalized spacial score (nSPS) is 12.7. The van der Waals surface area contributed by atoms with E-state index in [2.05, 4.69) is 5.32 Å². The van der Waals surface area contributed by atoms with Crippen molar-refractivity contribution in [3.05, 3.63) is 41.5 Å². The van der Waals surface area contributed by atoms with Gasteiger partial charge >= 0.3 is 0 Å². The van der Waals surface area contributed by atoms with Crippen LogP contribution >= 0.6 is 0 Å². The summed E-state index contributed by atoms with van der Waals surface area (Å²) in [6, 6.07) is 7.62. The maximum atomic E-state index is 11.4. The summed E-state index contributed by atoms with van der Waals surface area (Å²) in [4.78, 5) is 11.4. The molecule has 0 aliphatic heterocycles. The highest BCUT2D eigenvalue weighted by molar-refractivity contribution is 5.92. The van der Waals surface area contributed by atoms with E-state index in [1.165, 1.54) is 6.08 Å². The predicted octanol–water partition coefficient (Wildman–Crippen LogP) is 1.51. The van der Waals surface area contributed by atoms with E-state index >= 15 is 0 Å². The Kier molecular flexibility index (Phi) is 4.73. The predicted molar refractivity (Wildman–Crippen MR) is 64.9 cm³/mol. The summed E-state index contributed by atoms with van der Waals surface area (Å²) in [6.07, 6.45) is 3.25. The molecule has 0 heterocycles. The molecule has 0 radical (unpaired) electrons. The highest BCUT2D eigenvalue weighted by Gasteiger charge is 2.01. The monoisotopic (exact) mass is 219 g/mol. The van der Waals surface area contributed by atoms with Crippen LogP contribution in [0.1, 0.15) is 18.1 Å². The molecule has 3 heteroatoms. The summed E-state index contributed by atoms with van der Waals surface area (Å²) in [5.41, 5.74) is 2.15. The molecule has 0 fully saturated rings. The van der Waals surface area contributed by atoms with Crippen LogP contribution in [0.3, 0.4) is 0 Å². The maximum Gasteiger partial charge on any atom is 0.244 e. The van der Waals surface area contributed by atoms with Gasteiger partial charge in [-0.05, 0) is 31.1 Å². The quantitative estimate of drug-likeness (QED) is 0.754. The average molecular weight is 219 g/mol. The highest BCUT2D eigenvalue weighted by Crippen LogP contribution is 2.08. The lowest BCUT2D eigenvalue weighted by Crippen LogP contribution is -2.33. The number of carbonyl (C=O) groups excluding carboxylic acids is 1. The van der Waals surface area contributed by atoms with Gasteiger partial charge in [0, 0.05) is 12.1 Å². The van der Waals surface area contributed by atoms with Crippen molar-refractivity contribution in [2.75, 3.05) is 6.61 Å². The van der Waals surface area contributed by atoms with Gasteiger partial charge in [-0.15, -0.1) is 0 Å². The lowest BCUT2D eigenvalue weighted by molar-refractivity contribution is -0.117. The van der Waals surface area contributed by atoms with Gasteiger partial charge in [0.05, 0.1) is 6.61 Å². The van der Waals surface area contributed by atoms with Crippen LogP contribution in [0.25, 0.3) is 6.08 Å². The molecule has 0 bridgehead atoms. The van der Waals surface area contributed by atoms with Gasteiger partial charge in [0.1, 0.15) is 0 Å². The number of hydrogen-bond acceptors (Lipinski definition) is 2. The summed E-state index contributed by atoms with van der Waals surface area (Å²) >= 11 is 0. The zero-order chi connectivity index (χ0) is 12.0. The first-order valence-corrected chi connectivity index (χ1v) is 5.28. The Bertz CT molecular complexity index is 385. The molecule has 0 aliphatic carbocycles. The Morgan fingerprint density at radius 3 is 2.81 bits per heavy atom. The molecule has 86 valence electrons. The van der Waals surface area contributed by atoms with Gasteiger partial charge in [-0.1, -0.05) is 24.3 Å². The molecule has 1 atom stereocenters. The summed E-state index contributed by atoms with van der Waals surface area (Å²) in [5, 5.41) is 11.4. The van der Waals surface area contributed by atoms with Crippen LogP contribution in [0.4, 0.5) is 0 Å². The first-order chi connectivity index (χ1) is 7.63. The molecule has 16 heavy (non-hydrogen) atoms. The van der Waals surface area contributed by atoms with E-state index in [1.807, 2.05) is 31.2 Å². The number of hydrogen-bond donors (Lipinski definition) is 2. The Morgan fingerprint density at radius 2 is 2.19 bits per heavy atom. The topological polar surface area (TPSA) is 49.3 Å². The third-order valence-electron chi connectivity index (χ3n) is 2.27. The summed E-state index contributed by atoms with van der Waals surface area (Å²) < 4.78 is 0. The van der Waals surface area contributed by atoms with Gasteiger partial charge in [0.25, 0.3) is 0 Å². The van der Waals surface area contributed by atoms with Gasteiger partial charge in [0.2, 0.25) is 5.91 Å². The standard InChI is InChI=1S/C13H17NO2/c1-10-5-3-4-6-12(10)7-8-13(16)14-11(2)9-15/h3-8,11,15H,9H2,1-2H3,(H,14,16)/t11-/m0/s1. The molecule has 0 aromatic heterocycles. The fourth-order valence-electron chi connectivity index (χ4n) is 1.28. The second-order valence-corrected chi connectivity index (χ2v) is 3.78. The van der Waals surface area contributed by atoms with Crippen LogP contribution in [-0.2, 0) is 4.79 Å². The number of benzene rings is 1. The largest absolute Gasteiger partial charge is 0.394 e. The second kappa shape index (κ2) is 6.08. The summed E-state index contributed by atoms with van der Waals surface area (Å²) in [5.74, 6) is -0.190. The minimum Gasteiger partial charge on any atom is -0.394 e. The first-order valence-electron chi connectivity index (χ1n) is 5.28. The lowest BCUT2D eigenvalue weighted by Gasteiger charge is -2.07. The molecule has 1 rings (SSSR count). The van der Waals surface area contributed by atoms with Crippen molar-refractivity contribution in [1.29, 1.82) is 0 Å². The molecule has 0 unspecified atom stereocenters. The minimum absolute atomic E-state index is 0.0516. The van der Waals surface area contributed by atoms with Crippen molar-refractivity contribution in [3.63, 3.8) is 0 Å². The van der Waals surface area contributed by atoms with E-state index < -0.39 is 0 Å². The summed E-state index contributed by atoms with van der Waals surface area (Å²) in [6.45, 7) is 3.69. The van der Waals surface area contributed by atoms with Crippen LogP contribution in [0.5, 0.6) is 0 Å². The number of aliphatic hydroxyl groups excluding tert-OH is 1. The van der Waals surface area contributed by atoms with E-state index in [4.69, 9.17) is 5.11 Å². The van der Waals surface area contributed by atoms with E-state index in [0.717, 1.165) is 11.1 Å². The molecule has 0 saturated carbocycles. The van der Waals surface area contributed by atoms with Crippen molar-refractivity contribution in [1.82, 2.24) is 5.32 Å². The minimum atomic E-state index is -0.214. The van der Waals surface area contributed by atoms with Crippen LogP contribution in [-0.4, -0.2) is 23.7 Å². The Hall–Kier alpha value is -1.61. The molecule has 1 amide bonds. The van der Waals surface area contributed by atoms with Crippen molar-refractivity contribution in [3.8, 4) is 0 Å². The van der Waals surface area contributed by atoms with Crippen LogP contribution in [0, 0.1) is 6.92 Å². The van der Waals surface area contributed by atoms with Crippen LogP contribution in [0.15, 0.2) is 30.3 Å². The fraction of sp³-hybridized carbons (Fsp3) is 0.308. The van der Waals surface area contributed by atoms with E-state index in [-0.39, 0.29) is 18.6 Å². The third kappa shape index (κ3) is 3.87.